The van der Waals surface area contributed by atoms with Gasteiger partial charge in [0.05, 0.1) is 12.1 Å². The zero-order valence-corrected chi connectivity index (χ0v) is 10.5. The summed E-state index contributed by atoms with van der Waals surface area (Å²) in [5.41, 5.74) is -0.0275. The molecular formula is C12H23FN2. The van der Waals surface area contributed by atoms with Gasteiger partial charge < -0.3 is 0 Å². The van der Waals surface area contributed by atoms with Crippen molar-refractivity contribution in [2.45, 2.75) is 40.2 Å². The summed E-state index contributed by atoms with van der Waals surface area (Å²) in [6.45, 7) is 11.1. The maximum absolute atomic E-state index is 12.5. The molecule has 88 valence electrons. The molecule has 0 amide bonds. The molecular weight excluding hydrogens is 191 g/mol. The van der Waals surface area contributed by atoms with Gasteiger partial charge in [-0.1, -0.05) is 27.7 Å². The van der Waals surface area contributed by atoms with E-state index in [0.717, 1.165) is 0 Å². The van der Waals surface area contributed by atoms with Gasteiger partial charge in [0.1, 0.15) is 6.67 Å². The van der Waals surface area contributed by atoms with Crippen LogP contribution in [0.4, 0.5) is 4.39 Å². The van der Waals surface area contributed by atoms with Crippen LogP contribution in [-0.2, 0) is 0 Å². The molecule has 1 aliphatic rings. The summed E-state index contributed by atoms with van der Waals surface area (Å²) in [5.74, 6) is 1.44. The zero-order chi connectivity index (χ0) is 11.6. The maximum atomic E-state index is 12.5. The van der Waals surface area contributed by atoms with Crippen LogP contribution in [-0.4, -0.2) is 30.0 Å². The Balaban J connectivity index is 2.91. The Kier molecular flexibility index (Phi) is 3.74. The molecule has 0 fully saturated rings. The molecule has 0 aromatic rings. The fourth-order valence-corrected chi connectivity index (χ4v) is 2.51. The lowest BCUT2D eigenvalue weighted by Gasteiger charge is -2.43. The number of rotatable bonds is 4. The minimum Gasteiger partial charge on any atom is -0.288 e. The highest BCUT2D eigenvalue weighted by molar-refractivity contribution is 5.65. The number of hydrogen-bond donors (Lipinski definition) is 0. The van der Waals surface area contributed by atoms with Crippen LogP contribution in [0, 0.1) is 17.8 Å². The Labute approximate surface area is 92.5 Å². The van der Waals surface area contributed by atoms with Crippen molar-refractivity contribution < 1.29 is 4.39 Å². The van der Waals surface area contributed by atoms with E-state index < -0.39 is 0 Å². The van der Waals surface area contributed by atoms with Crippen LogP contribution in [0.25, 0.3) is 0 Å². The standard InChI is InChI=1S/C12H23FN2/c1-9(2)11-8-14-15(7-6-13)12(11,5)10(3)4/h8-11H,6-7H2,1-5H3/t11?,12-/m0/s1. The van der Waals surface area contributed by atoms with Gasteiger partial charge in [-0.3, -0.25) is 5.01 Å². The lowest BCUT2D eigenvalue weighted by Crippen LogP contribution is -2.51. The van der Waals surface area contributed by atoms with E-state index in [1.165, 1.54) is 0 Å². The molecule has 1 heterocycles. The van der Waals surface area contributed by atoms with Crippen molar-refractivity contribution in [3.05, 3.63) is 0 Å². The molecule has 1 rings (SSSR count). The van der Waals surface area contributed by atoms with Crippen molar-refractivity contribution in [2.75, 3.05) is 13.2 Å². The van der Waals surface area contributed by atoms with Gasteiger partial charge in [0.25, 0.3) is 0 Å². The minimum absolute atomic E-state index is 0.0275. The molecule has 0 aromatic carbocycles. The number of hydrazone groups is 1. The summed E-state index contributed by atoms with van der Waals surface area (Å²) >= 11 is 0. The second-order valence-corrected chi connectivity index (χ2v) is 5.23. The summed E-state index contributed by atoms with van der Waals surface area (Å²) in [5, 5.41) is 6.30. The molecule has 1 aliphatic heterocycles. The molecule has 0 saturated heterocycles. The predicted octanol–water partition coefficient (Wildman–Crippen LogP) is 2.94. The molecule has 0 bridgehead atoms. The van der Waals surface area contributed by atoms with Gasteiger partial charge in [-0.15, -0.1) is 0 Å². The van der Waals surface area contributed by atoms with Crippen LogP contribution in [0.3, 0.4) is 0 Å². The number of hydrogen-bond acceptors (Lipinski definition) is 2. The largest absolute Gasteiger partial charge is 0.288 e. The fourth-order valence-electron chi connectivity index (χ4n) is 2.51. The van der Waals surface area contributed by atoms with Gasteiger partial charge in [-0.25, -0.2) is 4.39 Å². The van der Waals surface area contributed by atoms with Gasteiger partial charge in [-0.05, 0) is 18.8 Å². The Morgan fingerprint density at radius 2 is 2.00 bits per heavy atom. The first kappa shape index (κ1) is 12.5. The van der Waals surface area contributed by atoms with E-state index in [-0.39, 0.29) is 12.2 Å². The van der Waals surface area contributed by atoms with Gasteiger partial charge in [0.15, 0.2) is 0 Å². The van der Waals surface area contributed by atoms with Gasteiger partial charge in [0, 0.05) is 12.1 Å². The number of alkyl halides is 1. The monoisotopic (exact) mass is 214 g/mol. The molecule has 3 heteroatoms. The molecule has 1 unspecified atom stereocenters. The molecule has 2 atom stereocenters. The van der Waals surface area contributed by atoms with Crippen molar-refractivity contribution >= 4 is 6.21 Å². The molecule has 0 saturated carbocycles. The first-order valence-electron chi connectivity index (χ1n) is 5.82. The quantitative estimate of drug-likeness (QED) is 0.702. The van der Waals surface area contributed by atoms with Crippen LogP contribution in [0.5, 0.6) is 0 Å². The summed E-state index contributed by atoms with van der Waals surface area (Å²) < 4.78 is 12.5. The third kappa shape index (κ3) is 2.01. The van der Waals surface area contributed by atoms with E-state index in [9.17, 15) is 4.39 Å². The van der Waals surface area contributed by atoms with Gasteiger partial charge in [-0.2, -0.15) is 5.10 Å². The van der Waals surface area contributed by atoms with Crippen molar-refractivity contribution in [1.82, 2.24) is 5.01 Å². The van der Waals surface area contributed by atoms with Crippen molar-refractivity contribution in [3.8, 4) is 0 Å². The van der Waals surface area contributed by atoms with Crippen LogP contribution in [0.2, 0.25) is 0 Å². The van der Waals surface area contributed by atoms with Crippen LogP contribution in [0.15, 0.2) is 5.10 Å². The molecule has 0 N–H and O–H groups in total. The molecule has 0 aromatic heterocycles. The van der Waals surface area contributed by atoms with E-state index in [1.807, 2.05) is 11.2 Å². The molecule has 0 radical (unpaired) electrons. The summed E-state index contributed by atoms with van der Waals surface area (Å²) in [4.78, 5) is 0. The normalized spacial score (nSPS) is 30.9. The molecule has 0 spiro atoms. The first-order chi connectivity index (χ1) is 6.94. The Morgan fingerprint density at radius 1 is 1.40 bits per heavy atom. The van der Waals surface area contributed by atoms with E-state index >= 15 is 0 Å². The Bertz CT molecular complexity index is 238. The lowest BCUT2D eigenvalue weighted by atomic mass is 9.72. The SMILES string of the molecule is CC(C)C1C=NN(CCF)[C@@]1(C)C(C)C. The molecule has 15 heavy (non-hydrogen) atoms. The van der Waals surface area contributed by atoms with E-state index in [1.54, 1.807) is 0 Å². The number of nitrogens with zero attached hydrogens (tertiary/aromatic N) is 2. The third-order valence-corrected chi connectivity index (χ3v) is 3.78. The molecule has 2 nitrogen and oxygen atoms in total. The van der Waals surface area contributed by atoms with E-state index in [0.29, 0.717) is 24.3 Å². The third-order valence-electron chi connectivity index (χ3n) is 3.78. The Morgan fingerprint density at radius 3 is 2.40 bits per heavy atom. The van der Waals surface area contributed by atoms with Crippen molar-refractivity contribution in [2.24, 2.45) is 22.9 Å². The van der Waals surface area contributed by atoms with Gasteiger partial charge in [0.2, 0.25) is 0 Å². The highest BCUT2D eigenvalue weighted by Crippen LogP contribution is 2.39. The zero-order valence-electron chi connectivity index (χ0n) is 10.5. The summed E-state index contributed by atoms with van der Waals surface area (Å²) in [6, 6.07) is 0. The van der Waals surface area contributed by atoms with E-state index in [2.05, 4.69) is 39.7 Å². The Hall–Kier alpha value is -0.600. The average Bonchev–Trinajstić information content (AvgIpc) is 2.46. The van der Waals surface area contributed by atoms with Crippen LogP contribution >= 0.6 is 0 Å². The fraction of sp³-hybridized carbons (Fsp3) is 0.917. The second-order valence-electron chi connectivity index (χ2n) is 5.23. The number of halogens is 1. The topological polar surface area (TPSA) is 15.6 Å². The van der Waals surface area contributed by atoms with Gasteiger partial charge >= 0.3 is 0 Å². The highest BCUT2D eigenvalue weighted by Gasteiger charge is 2.46. The molecule has 0 aliphatic carbocycles. The van der Waals surface area contributed by atoms with E-state index in [4.69, 9.17) is 0 Å². The smallest absolute Gasteiger partial charge is 0.109 e. The predicted molar refractivity (Wildman–Crippen MR) is 62.7 cm³/mol. The second kappa shape index (κ2) is 4.50. The highest BCUT2D eigenvalue weighted by atomic mass is 19.1. The summed E-state index contributed by atoms with van der Waals surface area (Å²) in [6.07, 6.45) is 2.00. The van der Waals surface area contributed by atoms with Crippen LogP contribution in [0.1, 0.15) is 34.6 Å². The summed E-state index contributed by atoms with van der Waals surface area (Å²) in [7, 11) is 0. The minimum atomic E-state index is -0.329. The first-order valence-corrected chi connectivity index (χ1v) is 5.82. The van der Waals surface area contributed by atoms with Crippen molar-refractivity contribution in [1.29, 1.82) is 0 Å². The lowest BCUT2D eigenvalue weighted by molar-refractivity contribution is 0.0356. The maximum Gasteiger partial charge on any atom is 0.109 e. The van der Waals surface area contributed by atoms with Crippen LogP contribution < -0.4 is 0 Å². The van der Waals surface area contributed by atoms with Crippen molar-refractivity contribution in [3.63, 3.8) is 0 Å². The average molecular weight is 214 g/mol.